The van der Waals surface area contributed by atoms with Gasteiger partial charge in [0.15, 0.2) is 0 Å². The van der Waals surface area contributed by atoms with E-state index in [2.05, 4.69) is 50.0 Å². The number of anilines is 1. The van der Waals surface area contributed by atoms with Crippen molar-refractivity contribution >= 4 is 34.2 Å². The fourth-order valence-electron chi connectivity index (χ4n) is 4.75. The summed E-state index contributed by atoms with van der Waals surface area (Å²) >= 11 is 0. The monoisotopic (exact) mass is 497 g/mol. The lowest BCUT2D eigenvalue weighted by Gasteiger charge is -2.38. The van der Waals surface area contributed by atoms with E-state index in [0.717, 1.165) is 34.9 Å². The molecule has 0 radical (unpaired) electrons. The first-order valence-electron chi connectivity index (χ1n) is 12.2. The number of aliphatic hydroxyl groups excluding tert-OH is 1. The summed E-state index contributed by atoms with van der Waals surface area (Å²) < 4.78 is 0. The van der Waals surface area contributed by atoms with Crippen LogP contribution in [0.1, 0.15) is 34.3 Å². The second-order valence-corrected chi connectivity index (χ2v) is 9.47. The van der Waals surface area contributed by atoms with Gasteiger partial charge in [-0.1, -0.05) is 42.5 Å². The number of β-amino-alcohol motifs (C(OH)–C–C–N with tert-alkyl or cyclic N) is 1. The molecule has 9 nitrogen and oxygen atoms in total. The molecule has 1 heterocycles. The third kappa shape index (κ3) is 4.97. The summed E-state index contributed by atoms with van der Waals surface area (Å²) in [4.78, 5) is 42.4. The zero-order chi connectivity index (χ0) is 26.0. The third-order valence-electron chi connectivity index (χ3n) is 6.92. The van der Waals surface area contributed by atoms with Crippen LogP contribution in [0.4, 0.5) is 5.69 Å². The Hall–Kier alpha value is -4.42. The standard InChI is InChI=1S/C28H27N5O4/c1-29-17-31-27(37)26(36)30-14-19-7-3-5-9-23(19)25(35)32-28(10-11-28)24-13-20(33-15-21(34)16-33)12-18-6-2-4-8-22(18)24/h2-9,12-13,21,34H,10-11,14-17H2,(H,30,36)(H,31,37)(H,32,35). The first-order valence-corrected chi connectivity index (χ1v) is 12.2. The van der Waals surface area contributed by atoms with Gasteiger partial charge in [-0.2, -0.15) is 0 Å². The van der Waals surface area contributed by atoms with Crippen molar-refractivity contribution in [1.29, 1.82) is 0 Å². The maximum absolute atomic E-state index is 13.5. The maximum Gasteiger partial charge on any atom is 0.314 e. The van der Waals surface area contributed by atoms with Crippen molar-refractivity contribution in [1.82, 2.24) is 16.0 Å². The predicted molar refractivity (Wildman–Crippen MR) is 138 cm³/mol. The zero-order valence-electron chi connectivity index (χ0n) is 20.2. The number of aliphatic hydroxyl groups is 1. The van der Waals surface area contributed by atoms with Crippen molar-refractivity contribution in [3.8, 4) is 0 Å². The summed E-state index contributed by atoms with van der Waals surface area (Å²) in [6.45, 7) is 7.61. The molecular formula is C28H27N5O4. The van der Waals surface area contributed by atoms with Gasteiger partial charge in [0.2, 0.25) is 0 Å². The molecule has 1 aliphatic heterocycles. The van der Waals surface area contributed by atoms with Gasteiger partial charge < -0.3 is 20.6 Å². The smallest absolute Gasteiger partial charge is 0.314 e. The SMILES string of the molecule is [C-]#[N+]CNC(=O)C(=O)NCc1ccccc1C(=O)NC1(c2cc(N3CC(O)C3)cc3ccccc23)CC1. The van der Waals surface area contributed by atoms with E-state index >= 15 is 0 Å². The highest BCUT2D eigenvalue weighted by Crippen LogP contribution is 2.49. The fourth-order valence-corrected chi connectivity index (χ4v) is 4.75. The Morgan fingerprint density at radius 3 is 2.43 bits per heavy atom. The molecule has 3 aromatic carbocycles. The molecule has 1 saturated carbocycles. The quantitative estimate of drug-likeness (QED) is 0.295. The number of benzene rings is 3. The zero-order valence-corrected chi connectivity index (χ0v) is 20.2. The Balaban J connectivity index is 1.37. The minimum atomic E-state index is -0.892. The first-order chi connectivity index (χ1) is 17.9. The van der Waals surface area contributed by atoms with E-state index < -0.39 is 17.4 Å². The number of carbonyl (C=O) groups is 3. The Labute approximate surface area is 214 Å². The van der Waals surface area contributed by atoms with Crippen LogP contribution in [-0.4, -0.2) is 48.7 Å². The highest BCUT2D eigenvalue weighted by Gasteiger charge is 2.47. The number of amides is 3. The lowest BCUT2D eigenvalue weighted by atomic mass is 9.94. The summed E-state index contributed by atoms with van der Waals surface area (Å²) in [5.74, 6) is -2.01. The van der Waals surface area contributed by atoms with Crippen molar-refractivity contribution in [3.63, 3.8) is 0 Å². The van der Waals surface area contributed by atoms with E-state index in [1.165, 1.54) is 0 Å². The van der Waals surface area contributed by atoms with E-state index in [9.17, 15) is 19.5 Å². The molecule has 0 aromatic heterocycles. The van der Waals surface area contributed by atoms with Gasteiger partial charge in [0, 0.05) is 30.9 Å². The van der Waals surface area contributed by atoms with E-state index in [4.69, 9.17) is 6.57 Å². The summed E-state index contributed by atoms with van der Waals surface area (Å²) in [5.41, 5.74) is 2.57. The van der Waals surface area contributed by atoms with Gasteiger partial charge in [0.1, 0.15) is 0 Å². The van der Waals surface area contributed by atoms with Crippen molar-refractivity contribution in [2.24, 2.45) is 0 Å². The maximum atomic E-state index is 13.5. The highest BCUT2D eigenvalue weighted by molar-refractivity contribution is 6.35. The molecule has 3 amide bonds. The number of rotatable bonds is 7. The summed E-state index contributed by atoms with van der Waals surface area (Å²) in [5, 5.41) is 19.9. The molecule has 0 bridgehead atoms. The molecule has 188 valence electrons. The number of nitrogens with zero attached hydrogens (tertiary/aromatic N) is 2. The van der Waals surface area contributed by atoms with Gasteiger partial charge in [-0.15, -0.1) is 0 Å². The van der Waals surface area contributed by atoms with Crippen molar-refractivity contribution in [2.75, 3.05) is 24.7 Å². The van der Waals surface area contributed by atoms with Gasteiger partial charge in [0.25, 0.3) is 12.6 Å². The van der Waals surface area contributed by atoms with Crippen LogP contribution in [0, 0.1) is 6.57 Å². The van der Waals surface area contributed by atoms with Crippen LogP contribution in [0.25, 0.3) is 15.6 Å². The van der Waals surface area contributed by atoms with Crippen LogP contribution in [0.2, 0.25) is 0 Å². The Bertz CT molecular complexity index is 1420. The topological polar surface area (TPSA) is 115 Å². The minimum Gasteiger partial charge on any atom is -0.389 e. The van der Waals surface area contributed by atoms with Crippen LogP contribution in [0.5, 0.6) is 0 Å². The number of carbonyl (C=O) groups excluding carboxylic acids is 3. The molecule has 1 aliphatic carbocycles. The van der Waals surface area contributed by atoms with Crippen LogP contribution in [-0.2, 0) is 21.7 Å². The lowest BCUT2D eigenvalue weighted by Crippen LogP contribution is -2.50. The second-order valence-electron chi connectivity index (χ2n) is 9.47. The molecule has 2 fully saturated rings. The second kappa shape index (κ2) is 9.91. The average molecular weight is 498 g/mol. The highest BCUT2D eigenvalue weighted by atomic mass is 16.3. The van der Waals surface area contributed by atoms with Crippen LogP contribution in [0.15, 0.2) is 60.7 Å². The van der Waals surface area contributed by atoms with Gasteiger partial charge >= 0.3 is 11.8 Å². The van der Waals surface area contributed by atoms with Gasteiger partial charge in [0.05, 0.1) is 11.6 Å². The summed E-state index contributed by atoms with van der Waals surface area (Å²) in [7, 11) is 0. The van der Waals surface area contributed by atoms with Gasteiger partial charge in [-0.05, 0) is 52.9 Å². The summed E-state index contributed by atoms with van der Waals surface area (Å²) in [6.07, 6.45) is 1.28. The van der Waals surface area contributed by atoms with E-state index in [0.29, 0.717) is 24.2 Å². The number of hydrogen-bond acceptors (Lipinski definition) is 5. The summed E-state index contributed by atoms with van der Waals surface area (Å²) in [6, 6.07) is 19.3. The molecule has 1 saturated heterocycles. The van der Waals surface area contributed by atoms with Crippen molar-refractivity contribution in [2.45, 2.75) is 31.0 Å². The van der Waals surface area contributed by atoms with Gasteiger partial charge in [-0.3, -0.25) is 24.5 Å². The molecule has 2 aliphatic rings. The number of nitrogens with one attached hydrogen (secondary N) is 3. The number of hydrogen-bond donors (Lipinski definition) is 4. The minimum absolute atomic E-state index is 0.00341. The third-order valence-corrected chi connectivity index (χ3v) is 6.92. The Morgan fingerprint density at radius 1 is 1.00 bits per heavy atom. The fraction of sp³-hybridized carbons (Fsp3) is 0.286. The molecule has 0 atom stereocenters. The van der Waals surface area contributed by atoms with Gasteiger partial charge in [-0.25, -0.2) is 6.57 Å². The van der Waals surface area contributed by atoms with Crippen LogP contribution < -0.4 is 20.9 Å². The largest absolute Gasteiger partial charge is 0.389 e. The Kier molecular flexibility index (Phi) is 6.51. The van der Waals surface area contributed by atoms with Crippen LogP contribution in [0.3, 0.4) is 0 Å². The molecule has 0 unspecified atom stereocenters. The Morgan fingerprint density at radius 2 is 1.70 bits per heavy atom. The van der Waals surface area contributed by atoms with E-state index in [-0.39, 0.29) is 25.2 Å². The molecule has 4 N–H and O–H groups in total. The molecule has 9 heteroatoms. The van der Waals surface area contributed by atoms with Crippen molar-refractivity contribution in [3.05, 3.63) is 88.8 Å². The first kappa shape index (κ1) is 24.3. The normalized spacial score (nSPS) is 15.8. The van der Waals surface area contributed by atoms with E-state index in [1.54, 1.807) is 24.3 Å². The molecular weight excluding hydrogens is 470 g/mol. The molecule has 37 heavy (non-hydrogen) atoms. The van der Waals surface area contributed by atoms with E-state index in [1.807, 2.05) is 12.1 Å². The molecule has 3 aromatic rings. The molecule has 5 rings (SSSR count). The van der Waals surface area contributed by atoms with Crippen molar-refractivity contribution < 1.29 is 19.5 Å². The number of fused-ring (bicyclic) bond motifs is 1. The predicted octanol–water partition coefficient (Wildman–Crippen LogP) is 2.05. The molecule has 0 spiro atoms. The van der Waals surface area contributed by atoms with Crippen LogP contribution >= 0.6 is 0 Å². The average Bonchev–Trinajstić information content (AvgIpc) is 3.68. The lowest BCUT2D eigenvalue weighted by molar-refractivity contribution is -0.139.